The van der Waals surface area contributed by atoms with E-state index in [-0.39, 0.29) is 61.4 Å². The number of aromatic nitrogens is 1. The minimum Gasteiger partial charge on any atom is -0.480 e. The molecule has 426 valence electrons. The van der Waals surface area contributed by atoms with Gasteiger partial charge in [0.15, 0.2) is 0 Å². The summed E-state index contributed by atoms with van der Waals surface area (Å²) in [7, 11) is 4.93. The lowest BCUT2D eigenvalue weighted by Crippen LogP contribution is -2.59. The zero-order chi connectivity index (χ0) is 57.1. The molecule has 10 atom stereocenters. The van der Waals surface area contributed by atoms with Crippen molar-refractivity contribution in [1.29, 1.82) is 0 Å². The van der Waals surface area contributed by atoms with Crippen molar-refractivity contribution in [3.05, 3.63) is 58.1 Å². The van der Waals surface area contributed by atoms with Crippen LogP contribution in [0.2, 0.25) is 0 Å². The molecule has 1 fully saturated rings. The number of nitrogens with one attached hydrogen (secondary N) is 5. The Kier molecular flexibility index (Phi) is 25.3. The molecule has 0 bridgehead atoms. The van der Waals surface area contributed by atoms with Gasteiger partial charge in [-0.2, -0.15) is 0 Å². The Labute approximate surface area is 456 Å². The highest BCUT2D eigenvalue weighted by Crippen LogP contribution is 2.31. The highest BCUT2D eigenvalue weighted by molar-refractivity contribution is 7.09. The zero-order valence-corrected chi connectivity index (χ0v) is 47.1. The van der Waals surface area contributed by atoms with Crippen LogP contribution < -0.4 is 32.3 Å². The van der Waals surface area contributed by atoms with Crippen LogP contribution in [0.15, 0.2) is 41.8 Å². The van der Waals surface area contributed by atoms with Gasteiger partial charge in [-0.1, -0.05) is 85.8 Å². The van der Waals surface area contributed by atoms with Gasteiger partial charge in [0.2, 0.25) is 29.5 Å². The Bertz CT molecular complexity index is 2360. The van der Waals surface area contributed by atoms with Crippen molar-refractivity contribution in [2.75, 3.05) is 39.9 Å². The van der Waals surface area contributed by atoms with Crippen LogP contribution in [0.4, 0.5) is 5.69 Å². The summed E-state index contributed by atoms with van der Waals surface area (Å²) in [6, 6.07) is -1.19. The van der Waals surface area contributed by atoms with E-state index in [2.05, 4.69) is 31.6 Å². The number of benzene rings is 1. The molecular formula is C54H82N10O12S. The molecule has 1 aromatic carbocycles. The summed E-state index contributed by atoms with van der Waals surface area (Å²) in [6.45, 7) is 13.8. The molecule has 0 radical (unpaired) electrons. The number of likely N-dealkylation sites (N-methyl/N-ethyl adjacent to an activating group) is 1. The topological polar surface area (TPSA) is 301 Å². The number of imide groups is 1. The molecule has 0 aliphatic carbocycles. The fourth-order valence-electron chi connectivity index (χ4n) is 9.42. The second-order valence-electron chi connectivity index (χ2n) is 20.4. The van der Waals surface area contributed by atoms with Gasteiger partial charge in [0, 0.05) is 62.4 Å². The fourth-order valence-corrected chi connectivity index (χ4v) is 10.3. The number of hydrogen-bond donors (Lipinski definition) is 7. The minimum absolute atomic E-state index is 0.00311. The molecule has 0 saturated carbocycles. The molecule has 1 saturated heterocycles. The molecule has 2 aliphatic rings. The Morgan fingerprint density at radius 1 is 0.870 bits per heavy atom. The molecule has 2 aliphatic heterocycles. The maximum atomic E-state index is 14.5. The van der Waals surface area contributed by atoms with Gasteiger partial charge in [-0.25, -0.2) is 9.78 Å². The number of hydrogen-bond acceptors (Lipinski definition) is 15. The molecule has 1 aromatic heterocycles. The largest absolute Gasteiger partial charge is 0.480 e. The van der Waals surface area contributed by atoms with Crippen molar-refractivity contribution < 1.29 is 57.7 Å². The quantitative estimate of drug-likeness (QED) is 0.0419. The van der Waals surface area contributed by atoms with Gasteiger partial charge < -0.3 is 51.8 Å². The molecule has 8 N–H and O–H groups in total. The van der Waals surface area contributed by atoms with E-state index in [1.54, 1.807) is 17.0 Å². The molecule has 2 unspecified atom stereocenters. The average molecular weight is 1100 g/mol. The molecule has 3 heterocycles. The number of nitrogens with zero attached hydrogens (tertiary/aromatic N) is 4. The van der Waals surface area contributed by atoms with Crippen molar-refractivity contribution in [2.45, 2.75) is 174 Å². The van der Waals surface area contributed by atoms with Crippen LogP contribution >= 0.6 is 11.3 Å². The predicted octanol–water partition coefficient (Wildman–Crippen LogP) is 3.66. The minimum atomic E-state index is -1.42. The van der Waals surface area contributed by atoms with Gasteiger partial charge in [0.05, 0.1) is 6.04 Å². The Hall–Kier alpha value is -6.14. The molecule has 23 heteroatoms. The summed E-state index contributed by atoms with van der Waals surface area (Å²) < 4.78 is 11.5. The normalized spacial score (nSPS) is 18.3. The van der Waals surface area contributed by atoms with Gasteiger partial charge in [-0.3, -0.25) is 48.2 Å². The number of rotatable bonds is 31. The van der Waals surface area contributed by atoms with E-state index < -0.39 is 89.8 Å². The molecule has 4 rings (SSSR count). The lowest BCUT2D eigenvalue weighted by Gasteiger charge is -2.39. The van der Waals surface area contributed by atoms with Crippen LogP contribution in [-0.4, -0.2) is 161 Å². The molecule has 77 heavy (non-hydrogen) atoms. The SMILES string of the molecule is CCCCC(C(=O)N[C@H](C(=O)Nc1ccc(C[C@H](NC(=O)[C@H](C)NC(=O)c2csc([C@@H](C[C@H](C(C)C)N(COC)C(=O)[C@@H](NC(=O)[C@H]3CCCCN3C)[C@@H](C)CC)OC)n2)C(=O)O)cc1)C(N)CCC)N1C(=O)C=CC1=O. The zero-order valence-electron chi connectivity index (χ0n) is 46.3. The number of aliphatic carboxylic acids is 1. The first-order valence-electron chi connectivity index (χ1n) is 26.7. The molecule has 2 aromatic rings. The maximum absolute atomic E-state index is 14.5. The second-order valence-corrected chi connectivity index (χ2v) is 21.3. The summed E-state index contributed by atoms with van der Waals surface area (Å²) in [5.74, 6) is -6.10. The number of thiazole rings is 1. The number of ether oxygens (including phenoxy) is 2. The number of nitrogens with two attached hydrogens (primary N) is 1. The van der Waals surface area contributed by atoms with Gasteiger partial charge in [-0.05, 0) is 75.7 Å². The van der Waals surface area contributed by atoms with E-state index >= 15 is 0 Å². The Balaban J connectivity index is 1.39. The van der Waals surface area contributed by atoms with Crippen molar-refractivity contribution >= 4 is 70.3 Å². The van der Waals surface area contributed by atoms with Crippen LogP contribution in [0.1, 0.15) is 140 Å². The highest BCUT2D eigenvalue weighted by atomic mass is 32.1. The third kappa shape index (κ3) is 17.7. The molecule has 8 amide bonds. The number of methoxy groups -OCH3 is 2. The molecular weight excluding hydrogens is 1010 g/mol. The third-order valence-electron chi connectivity index (χ3n) is 14.3. The van der Waals surface area contributed by atoms with Crippen molar-refractivity contribution in [3.63, 3.8) is 0 Å². The summed E-state index contributed by atoms with van der Waals surface area (Å²) in [5.41, 5.74) is 7.17. The van der Waals surface area contributed by atoms with Crippen molar-refractivity contribution in [3.8, 4) is 0 Å². The summed E-state index contributed by atoms with van der Waals surface area (Å²) >= 11 is 1.17. The van der Waals surface area contributed by atoms with Crippen LogP contribution in [0.3, 0.4) is 0 Å². The van der Waals surface area contributed by atoms with Crippen LogP contribution in [-0.2, 0) is 54.3 Å². The van der Waals surface area contributed by atoms with Crippen LogP contribution in [0.5, 0.6) is 0 Å². The fraction of sp³-hybridized carbons (Fsp3) is 0.630. The average Bonchev–Trinajstić information content (AvgIpc) is 4.03. The first-order valence-corrected chi connectivity index (χ1v) is 27.6. The second kappa shape index (κ2) is 30.7. The Morgan fingerprint density at radius 2 is 1.55 bits per heavy atom. The first kappa shape index (κ1) is 63.4. The predicted molar refractivity (Wildman–Crippen MR) is 290 cm³/mol. The number of carbonyl (C=O) groups is 9. The van der Waals surface area contributed by atoms with E-state index in [0.717, 1.165) is 36.4 Å². The van der Waals surface area contributed by atoms with Gasteiger partial charge in [-0.15, -0.1) is 11.3 Å². The highest BCUT2D eigenvalue weighted by Gasteiger charge is 2.40. The van der Waals surface area contributed by atoms with E-state index in [4.69, 9.17) is 15.2 Å². The number of anilines is 1. The number of unbranched alkanes of at least 4 members (excludes halogenated alkanes) is 1. The van der Waals surface area contributed by atoms with E-state index in [0.29, 0.717) is 54.8 Å². The van der Waals surface area contributed by atoms with Crippen LogP contribution in [0, 0.1) is 11.8 Å². The standard InChI is InChI=1S/C54H82N10O12S/c1-11-14-18-40(64-43(65)24-25-44(64)66)50(70)61-46(36(55)17-12-2)51(71)57-35-22-20-34(21-23-35)27-37(54(73)74)58-47(67)33(7)56-48(68)38-29-77-52(59-38)42(76-10)28-41(31(4)5)63(30-75-9)53(72)45(32(6)13-3)60-49(69)39-19-15-16-26-62(39)8/h20-25,29,31-33,36-37,39-42,45-46H,11-19,26-28,30,55H2,1-10H3,(H,56,68)(H,57,71)(H,58,67)(H,60,69)(H,61,70)(H,73,74)/t32-,33-,36?,37-,39+,40?,41+,42+,45-,46-/m0/s1. The lowest BCUT2D eigenvalue weighted by molar-refractivity contribution is -0.148. The summed E-state index contributed by atoms with van der Waals surface area (Å²) in [5, 5.41) is 25.7. The number of likely N-dealkylation sites (tertiary alicyclic amines) is 1. The number of piperidine rings is 1. The van der Waals surface area contributed by atoms with Gasteiger partial charge in [0.1, 0.15) is 53.7 Å². The summed E-state index contributed by atoms with van der Waals surface area (Å²) in [6.07, 6.45) is 7.34. The van der Waals surface area contributed by atoms with E-state index in [1.807, 2.05) is 53.5 Å². The van der Waals surface area contributed by atoms with Crippen LogP contribution in [0.25, 0.3) is 0 Å². The monoisotopic (exact) mass is 1090 g/mol. The number of amides is 8. The van der Waals surface area contributed by atoms with Gasteiger partial charge in [0.25, 0.3) is 17.7 Å². The van der Waals surface area contributed by atoms with Gasteiger partial charge >= 0.3 is 5.97 Å². The first-order chi connectivity index (χ1) is 36.6. The molecule has 22 nitrogen and oxygen atoms in total. The van der Waals surface area contributed by atoms with E-state index in [1.165, 1.54) is 50.0 Å². The summed E-state index contributed by atoms with van der Waals surface area (Å²) in [4.78, 5) is 129. The van der Waals surface area contributed by atoms with Crippen molar-refractivity contribution in [1.82, 2.24) is 41.0 Å². The number of carbonyl (C=O) groups excluding carboxylic acids is 8. The molecule has 0 spiro atoms. The number of carboxylic acids is 1. The lowest BCUT2D eigenvalue weighted by atomic mass is 9.92. The maximum Gasteiger partial charge on any atom is 0.326 e. The Morgan fingerprint density at radius 3 is 2.12 bits per heavy atom. The smallest absolute Gasteiger partial charge is 0.326 e. The van der Waals surface area contributed by atoms with Crippen molar-refractivity contribution in [2.24, 2.45) is 17.6 Å². The van der Waals surface area contributed by atoms with E-state index in [9.17, 15) is 48.3 Å². The third-order valence-corrected chi connectivity index (χ3v) is 15.2. The number of carboxylic acid groups (broad SMARTS) is 1.